The van der Waals surface area contributed by atoms with Gasteiger partial charge in [-0.25, -0.2) is 8.42 Å². The topological polar surface area (TPSA) is 114 Å². The number of ether oxygens (including phenoxy) is 3. The van der Waals surface area contributed by atoms with Crippen molar-refractivity contribution in [2.45, 2.75) is 44.7 Å². The molecule has 3 aromatic carbocycles. The van der Waals surface area contributed by atoms with Crippen molar-refractivity contribution in [2.75, 3.05) is 38.7 Å². The Balaban J connectivity index is 2.08. The lowest BCUT2D eigenvalue weighted by atomic mass is 10.1. The predicted octanol–water partition coefficient (Wildman–Crippen LogP) is 4.49. The van der Waals surface area contributed by atoms with E-state index in [1.807, 2.05) is 32.9 Å². The van der Waals surface area contributed by atoms with Crippen LogP contribution in [0.25, 0.3) is 0 Å². The first-order valence-electron chi connectivity index (χ1n) is 14.1. The Hall–Kier alpha value is -4.25. The summed E-state index contributed by atoms with van der Waals surface area (Å²) in [6, 6.07) is 18.8. The van der Waals surface area contributed by atoms with Crippen LogP contribution < -0.4 is 23.8 Å². The number of methoxy groups -OCH3 is 3. The van der Waals surface area contributed by atoms with Gasteiger partial charge >= 0.3 is 0 Å². The van der Waals surface area contributed by atoms with Crippen LogP contribution in [-0.2, 0) is 26.2 Å². The fraction of sp³-hybridized carbons (Fsp3) is 0.375. The van der Waals surface area contributed by atoms with Gasteiger partial charge in [0, 0.05) is 13.1 Å². The van der Waals surface area contributed by atoms with Gasteiger partial charge in [0.05, 0.1) is 31.9 Å². The van der Waals surface area contributed by atoms with Crippen LogP contribution in [0, 0.1) is 5.92 Å². The molecule has 10 nitrogen and oxygen atoms in total. The number of hydrogen-bond acceptors (Lipinski definition) is 7. The number of carbonyl (C=O) groups excluding carboxylic acids is 2. The van der Waals surface area contributed by atoms with E-state index in [1.165, 1.54) is 43.4 Å². The molecular weight excluding hydrogens is 570 g/mol. The van der Waals surface area contributed by atoms with Gasteiger partial charge in [-0.05, 0) is 66.4 Å². The Morgan fingerprint density at radius 3 is 1.95 bits per heavy atom. The number of hydrogen-bond donors (Lipinski definition) is 1. The maximum absolute atomic E-state index is 14.2. The largest absolute Gasteiger partial charge is 0.497 e. The summed E-state index contributed by atoms with van der Waals surface area (Å²) in [5.41, 5.74) is 0.946. The van der Waals surface area contributed by atoms with Crippen LogP contribution in [0.5, 0.6) is 17.2 Å². The minimum absolute atomic E-state index is 0.0320. The lowest BCUT2D eigenvalue weighted by Gasteiger charge is -2.33. The first-order valence-corrected chi connectivity index (χ1v) is 15.5. The summed E-state index contributed by atoms with van der Waals surface area (Å²) in [6.45, 7) is 5.74. The van der Waals surface area contributed by atoms with E-state index in [2.05, 4.69) is 5.32 Å². The summed E-state index contributed by atoms with van der Waals surface area (Å²) in [7, 11) is 0.219. The van der Waals surface area contributed by atoms with Crippen molar-refractivity contribution in [3.63, 3.8) is 0 Å². The number of benzene rings is 3. The molecule has 0 radical (unpaired) electrons. The van der Waals surface area contributed by atoms with Gasteiger partial charge in [-0.2, -0.15) is 0 Å². The second-order valence-electron chi connectivity index (χ2n) is 10.3. The number of anilines is 1. The lowest BCUT2D eigenvalue weighted by molar-refractivity contribution is -0.140. The quantitative estimate of drug-likeness (QED) is 0.269. The monoisotopic (exact) mass is 611 g/mol. The molecule has 1 atom stereocenters. The van der Waals surface area contributed by atoms with Gasteiger partial charge in [-0.15, -0.1) is 0 Å². The molecule has 3 rings (SSSR count). The molecule has 0 saturated carbocycles. The van der Waals surface area contributed by atoms with Gasteiger partial charge in [0.2, 0.25) is 11.8 Å². The molecule has 232 valence electrons. The van der Waals surface area contributed by atoms with Crippen molar-refractivity contribution in [1.29, 1.82) is 0 Å². The smallest absolute Gasteiger partial charge is 0.264 e. The number of rotatable bonds is 15. The van der Waals surface area contributed by atoms with E-state index in [1.54, 1.807) is 43.5 Å². The summed E-state index contributed by atoms with van der Waals surface area (Å²) in [5, 5.41) is 2.93. The van der Waals surface area contributed by atoms with E-state index in [9.17, 15) is 18.0 Å². The van der Waals surface area contributed by atoms with E-state index in [4.69, 9.17) is 14.2 Å². The van der Waals surface area contributed by atoms with E-state index in [0.29, 0.717) is 24.5 Å². The van der Waals surface area contributed by atoms with Crippen molar-refractivity contribution < 1.29 is 32.2 Å². The van der Waals surface area contributed by atoms with E-state index >= 15 is 0 Å². The van der Waals surface area contributed by atoms with Crippen molar-refractivity contribution in [1.82, 2.24) is 10.2 Å². The Bertz CT molecular complexity index is 1460. The number of carbonyl (C=O) groups is 2. The van der Waals surface area contributed by atoms with Gasteiger partial charge in [-0.1, -0.05) is 45.0 Å². The molecule has 2 amide bonds. The van der Waals surface area contributed by atoms with Gasteiger partial charge in [0.15, 0.2) is 0 Å². The van der Waals surface area contributed by atoms with Gasteiger partial charge in [0.1, 0.15) is 29.8 Å². The van der Waals surface area contributed by atoms with Gasteiger partial charge in [-0.3, -0.25) is 13.9 Å². The van der Waals surface area contributed by atoms with Crippen molar-refractivity contribution in [3.05, 3.63) is 78.4 Å². The summed E-state index contributed by atoms with van der Waals surface area (Å²) >= 11 is 0. The van der Waals surface area contributed by atoms with Crippen LogP contribution in [0.15, 0.2) is 77.7 Å². The fourth-order valence-corrected chi connectivity index (χ4v) is 5.92. The standard InChI is InChI=1S/C32H41N3O7S/c1-7-28(32(37)33-20-23(2)3)34(21-24-12-14-25(40-4)15-13-24)31(36)22-35(29-10-8-9-11-30(29)42-6)43(38,39)27-18-16-26(41-5)17-19-27/h8-19,23,28H,7,20-22H2,1-6H3,(H,33,37). The molecule has 0 aliphatic carbocycles. The normalized spacial score (nSPS) is 11.9. The zero-order chi connectivity index (χ0) is 31.6. The molecule has 43 heavy (non-hydrogen) atoms. The minimum atomic E-state index is -4.26. The average molecular weight is 612 g/mol. The van der Waals surface area contributed by atoms with E-state index in [-0.39, 0.29) is 34.7 Å². The Morgan fingerprint density at radius 1 is 0.837 bits per heavy atom. The molecule has 0 bridgehead atoms. The van der Waals surface area contributed by atoms with Crippen LogP contribution in [0.4, 0.5) is 5.69 Å². The third kappa shape index (κ3) is 8.41. The molecule has 11 heteroatoms. The third-order valence-electron chi connectivity index (χ3n) is 6.86. The number of nitrogens with zero attached hydrogens (tertiary/aromatic N) is 2. The van der Waals surface area contributed by atoms with E-state index in [0.717, 1.165) is 9.87 Å². The number of sulfonamides is 1. The molecule has 0 aliphatic heterocycles. The molecule has 1 N–H and O–H groups in total. The highest BCUT2D eigenvalue weighted by atomic mass is 32.2. The van der Waals surface area contributed by atoms with Crippen molar-refractivity contribution >= 4 is 27.5 Å². The Labute approximate surface area is 254 Å². The third-order valence-corrected chi connectivity index (χ3v) is 8.64. The van der Waals surface area contributed by atoms with Crippen LogP contribution in [0.2, 0.25) is 0 Å². The maximum Gasteiger partial charge on any atom is 0.264 e. The number of amides is 2. The molecule has 1 unspecified atom stereocenters. The van der Waals surface area contributed by atoms with Crippen LogP contribution in [-0.4, -0.2) is 65.6 Å². The zero-order valence-electron chi connectivity index (χ0n) is 25.6. The summed E-state index contributed by atoms with van der Waals surface area (Å²) < 4.78 is 45.2. The highest BCUT2D eigenvalue weighted by molar-refractivity contribution is 7.92. The molecule has 0 aliphatic rings. The fourth-order valence-electron chi connectivity index (χ4n) is 4.49. The number of para-hydroxylation sites is 2. The van der Waals surface area contributed by atoms with Crippen molar-refractivity contribution in [3.8, 4) is 17.2 Å². The summed E-state index contributed by atoms with van der Waals surface area (Å²) in [4.78, 5) is 29.0. The lowest BCUT2D eigenvalue weighted by Crippen LogP contribution is -2.52. The Kier molecular flexibility index (Phi) is 11.8. The molecular formula is C32H41N3O7S. The molecule has 3 aromatic rings. The summed E-state index contributed by atoms with van der Waals surface area (Å²) in [6.07, 6.45) is 0.325. The van der Waals surface area contributed by atoms with Gasteiger partial charge in [0.25, 0.3) is 10.0 Å². The summed E-state index contributed by atoms with van der Waals surface area (Å²) in [5.74, 6) is 0.767. The van der Waals surface area contributed by atoms with Crippen LogP contribution in [0.3, 0.4) is 0 Å². The first-order chi connectivity index (χ1) is 20.5. The van der Waals surface area contributed by atoms with Crippen LogP contribution in [0.1, 0.15) is 32.8 Å². The molecule has 0 saturated heterocycles. The SMILES string of the molecule is CCC(C(=O)NCC(C)C)N(Cc1ccc(OC)cc1)C(=O)CN(c1ccccc1OC)S(=O)(=O)c1ccc(OC)cc1. The van der Waals surface area contributed by atoms with Crippen molar-refractivity contribution in [2.24, 2.45) is 5.92 Å². The highest BCUT2D eigenvalue weighted by Gasteiger charge is 2.34. The van der Waals surface area contributed by atoms with E-state index < -0.39 is 28.5 Å². The molecule has 0 spiro atoms. The number of nitrogens with one attached hydrogen (secondary N) is 1. The molecule has 0 fully saturated rings. The van der Waals surface area contributed by atoms with Gasteiger partial charge < -0.3 is 24.4 Å². The Morgan fingerprint density at radius 2 is 1.42 bits per heavy atom. The molecule has 0 aromatic heterocycles. The molecule has 0 heterocycles. The first kappa shape index (κ1) is 33.3. The van der Waals surface area contributed by atoms with Crippen LogP contribution >= 0.6 is 0 Å². The highest BCUT2D eigenvalue weighted by Crippen LogP contribution is 2.33. The predicted molar refractivity (Wildman–Crippen MR) is 166 cm³/mol. The second-order valence-corrected chi connectivity index (χ2v) is 12.2. The second kappa shape index (κ2) is 15.3. The average Bonchev–Trinajstić information content (AvgIpc) is 3.02. The maximum atomic E-state index is 14.2. The zero-order valence-corrected chi connectivity index (χ0v) is 26.4. The minimum Gasteiger partial charge on any atom is -0.497 e.